The van der Waals surface area contributed by atoms with Gasteiger partial charge in [-0.25, -0.2) is 4.98 Å². The number of halogens is 1. The van der Waals surface area contributed by atoms with Crippen LogP contribution in [-0.4, -0.2) is 10.9 Å². The van der Waals surface area contributed by atoms with Crippen LogP contribution >= 0.6 is 27.3 Å². The molecule has 1 heterocycles. The zero-order chi connectivity index (χ0) is 18.1. The lowest BCUT2D eigenvalue weighted by atomic mass is 10.1. The maximum Gasteiger partial charge on any atom is 0.255 e. The van der Waals surface area contributed by atoms with Crippen LogP contribution in [0.2, 0.25) is 0 Å². The Morgan fingerprint density at radius 3 is 2.69 bits per heavy atom. The highest BCUT2D eigenvalue weighted by Gasteiger charge is 2.14. The summed E-state index contributed by atoms with van der Waals surface area (Å²) < 4.78 is 2.07. The van der Waals surface area contributed by atoms with Crippen molar-refractivity contribution in [2.75, 3.05) is 5.32 Å². The van der Waals surface area contributed by atoms with Gasteiger partial charge in [0.15, 0.2) is 0 Å². The largest absolute Gasteiger partial charge is 0.321 e. The topological polar surface area (TPSA) is 42.0 Å². The predicted molar refractivity (Wildman–Crippen MR) is 112 cm³/mol. The number of carbonyl (C=O) groups is 1. The predicted octanol–water partition coefficient (Wildman–Crippen LogP) is 6.29. The maximum atomic E-state index is 12.7. The Kier molecular flexibility index (Phi) is 4.57. The molecule has 0 fully saturated rings. The lowest BCUT2D eigenvalue weighted by Crippen LogP contribution is -2.12. The van der Waals surface area contributed by atoms with Crippen LogP contribution in [-0.2, 0) is 0 Å². The number of fused-ring (bicyclic) bond motifs is 1. The van der Waals surface area contributed by atoms with Gasteiger partial charge in [-0.1, -0.05) is 45.8 Å². The van der Waals surface area contributed by atoms with E-state index in [1.54, 1.807) is 11.3 Å². The Morgan fingerprint density at radius 2 is 1.88 bits per heavy atom. The zero-order valence-electron chi connectivity index (χ0n) is 14.0. The van der Waals surface area contributed by atoms with Gasteiger partial charge in [0.1, 0.15) is 5.01 Å². The standard InChI is InChI=1S/C21H15BrN2OS/c1-13-5-4-6-14(11-13)20(25)23-17-10-9-15(22)12-16(17)21-24-18-7-2-3-8-19(18)26-21/h2-12H,1H3,(H,23,25). The third-order valence-electron chi connectivity index (χ3n) is 4.03. The van der Waals surface area contributed by atoms with E-state index >= 15 is 0 Å². The molecule has 4 aromatic rings. The van der Waals surface area contributed by atoms with E-state index in [1.165, 1.54) is 0 Å². The number of benzene rings is 3. The first-order valence-corrected chi connectivity index (χ1v) is 9.74. The summed E-state index contributed by atoms with van der Waals surface area (Å²) in [5, 5.41) is 3.91. The SMILES string of the molecule is Cc1cccc(C(=O)Nc2ccc(Br)cc2-c2nc3ccccc3s2)c1. The third-order valence-corrected chi connectivity index (χ3v) is 5.60. The molecule has 1 N–H and O–H groups in total. The number of amides is 1. The summed E-state index contributed by atoms with van der Waals surface area (Å²) in [4.78, 5) is 17.4. The van der Waals surface area contributed by atoms with Gasteiger partial charge in [-0.2, -0.15) is 0 Å². The molecule has 0 bridgehead atoms. The van der Waals surface area contributed by atoms with Crippen LogP contribution in [0, 0.1) is 6.92 Å². The molecule has 0 spiro atoms. The summed E-state index contributed by atoms with van der Waals surface area (Å²) in [6.45, 7) is 1.98. The van der Waals surface area contributed by atoms with Crippen molar-refractivity contribution in [2.45, 2.75) is 6.92 Å². The van der Waals surface area contributed by atoms with Crippen LogP contribution in [0.25, 0.3) is 20.8 Å². The van der Waals surface area contributed by atoms with Gasteiger partial charge in [0.05, 0.1) is 15.9 Å². The Bertz CT molecular complexity index is 1090. The Labute approximate surface area is 163 Å². The molecule has 0 saturated carbocycles. The van der Waals surface area contributed by atoms with Gasteiger partial charge in [-0.15, -0.1) is 11.3 Å². The van der Waals surface area contributed by atoms with Crippen LogP contribution in [0.15, 0.2) is 71.2 Å². The van der Waals surface area contributed by atoms with E-state index in [0.717, 1.165) is 36.5 Å². The Balaban J connectivity index is 1.74. The fraction of sp³-hybridized carbons (Fsp3) is 0.0476. The van der Waals surface area contributed by atoms with Gasteiger partial charge in [-0.05, 0) is 49.4 Å². The summed E-state index contributed by atoms with van der Waals surface area (Å²) in [6, 6.07) is 21.4. The highest BCUT2D eigenvalue weighted by Crippen LogP contribution is 2.36. The van der Waals surface area contributed by atoms with Crippen molar-refractivity contribution in [3.8, 4) is 10.6 Å². The molecular weight excluding hydrogens is 408 g/mol. The van der Waals surface area contributed by atoms with Crippen LogP contribution in [0.5, 0.6) is 0 Å². The lowest BCUT2D eigenvalue weighted by Gasteiger charge is -2.10. The normalized spacial score (nSPS) is 10.8. The van der Waals surface area contributed by atoms with E-state index in [2.05, 4.69) is 27.3 Å². The van der Waals surface area contributed by atoms with Crippen LogP contribution < -0.4 is 5.32 Å². The van der Waals surface area contributed by atoms with E-state index in [0.29, 0.717) is 5.56 Å². The van der Waals surface area contributed by atoms with Gasteiger partial charge < -0.3 is 5.32 Å². The Morgan fingerprint density at radius 1 is 1.04 bits per heavy atom. The molecule has 4 rings (SSSR count). The fourth-order valence-corrected chi connectivity index (χ4v) is 4.13. The number of thiazole rings is 1. The highest BCUT2D eigenvalue weighted by atomic mass is 79.9. The van der Waals surface area contributed by atoms with Gasteiger partial charge in [-0.3, -0.25) is 4.79 Å². The molecule has 0 saturated heterocycles. The number of rotatable bonds is 3. The molecule has 0 aliphatic carbocycles. The fourth-order valence-electron chi connectivity index (χ4n) is 2.77. The Hall–Kier alpha value is -2.50. The monoisotopic (exact) mass is 422 g/mol. The first kappa shape index (κ1) is 16.9. The first-order chi connectivity index (χ1) is 12.6. The van der Waals surface area contributed by atoms with Crippen molar-refractivity contribution < 1.29 is 4.79 Å². The molecule has 1 aromatic heterocycles. The minimum atomic E-state index is -0.126. The summed E-state index contributed by atoms with van der Waals surface area (Å²) >= 11 is 5.14. The van der Waals surface area contributed by atoms with Crippen molar-refractivity contribution >= 4 is 49.1 Å². The molecule has 0 atom stereocenters. The van der Waals surface area contributed by atoms with Crippen molar-refractivity contribution in [1.82, 2.24) is 4.98 Å². The number of aromatic nitrogens is 1. The second kappa shape index (κ2) is 7.02. The van der Waals surface area contributed by atoms with E-state index in [9.17, 15) is 4.79 Å². The molecule has 3 nitrogen and oxygen atoms in total. The summed E-state index contributed by atoms with van der Waals surface area (Å²) in [6.07, 6.45) is 0. The van der Waals surface area contributed by atoms with Crippen molar-refractivity contribution in [1.29, 1.82) is 0 Å². The first-order valence-electron chi connectivity index (χ1n) is 8.14. The van der Waals surface area contributed by atoms with E-state index in [1.807, 2.05) is 67.6 Å². The van der Waals surface area contributed by atoms with Crippen molar-refractivity contribution in [3.63, 3.8) is 0 Å². The molecule has 0 radical (unpaired) electrons. The maximum absolute atomic E-state index is 12.7. The van der Waals surface area contributed by atoms with Crippen LogP contribution in [0.4, 0.5) is 5.69 Å². The van der Waals surface area contributed by atoms with Gasteiger partial charge in [0, 0.05) is 15.6 Å². The molecule has 0 aliphatic heterocycles. The molecule has 1 amide bonds. The quantitative estimate of drug-likeness (QED) is 0.421. The minimum absolute atomic E-state index is 0.126. The van der Waals surface area contributed by atoms with Crippen molar-refractivity contribution in [2.24, 2.45) is 0 Å². The number of hydrogen-bond acceptors (Lipinski definition) is 3. The number of nitrogens with one attached hydrogen (secondary N) is 1. The number of carbonyl (C=O) groups excluding carboxylic acids is 1. The highest BCUT2D eigenvalue weighted by molar-refractivity contribution is 9.10. The summed E-state index contributed by atoms with van der Waals surface area (Å²) in [5.74, 6) is -0.126. The van der Waals surface area contributed by atoms with Gasteiger partial charge in [0.2, 0.25) is 0 Å². The van der Waals surface area contributed by atoms with E-state index < -0.39 is 0 Å². The summed E-state index contributed by atoms with van der Waals surface area (Å²) in [5.41, 5.74) is 4.31. The number of hydrogen-bond donors (Lipinski definition) is 1. The lowest BCUT2D eigenvalue weighted by molar-refractivity contribution is 0.102. The number of para-hydroxylation sites is 1. The average molecular weight is 423 g/mol. The van der Waals surface area contributed by atoms with Crippen molar-refractivity contribution in [3.05, 3.63) is 82.3 Å². The molecule has 5 heteroatoms. The molecule has 0 unspecified atom stereocenters. The summed E-state index contributed by atoms with van der Waals surface area (Å²) in [7, 11) is 0. The van der Waals surface area contributed by atoms with E-state index in [-0.39, 0.29) is 5.91 Å². The third kappa shape index (κ3) is 3.41. The van der Waals surface area contributed by atoms with Gasteiger partial charge in [0.25, 0.3) is 5.91 Å². The minimum Gasteiger partial charge on any atom is -0.321 e. The number of nitrogens with zero attached hydrogens (tertiary/aromatic N) is 1. The number of aryl methyl sites for hydroxylation is 1. The smallest absolute Gasteiger partial charge is 0.255 e. The second-order valence-electron chi connectivity index (χ2n) is 6.00. The molecule has 26 heavy (non-hydrogen) atoms. The average Bonchev–Trinajstić information content (AvgIpc) is 3.07. The zero-order valence-corrected chi connectivity index (χ0v) is 16.4. The van der Waals surface area contributed by atoms with E-state index in [4.69, 9.17) is 4.98 Å². The molecular formula is C21H15BrN2OS. The van der Waals surface area contributed by atoms with Crippen LogP contribution in [0.1, 0.15) is 15.9 Å². The van der Waals surface area contributed by atoms with Gasteiger partial charge >= 0.3 is 0 Å². The number of anilines is 1. The van der Waals surface area contributed by atoms with Crippen LogP contribution in [0.3, 0.4) is 0 Å². The second-order valence-corrected chi connectivity index (χ2v) is 7.95. The molecule has 3 aromatic carbocycles. The molecule has 128 valence electrons. The molecule has 0 aliphatic rings.